The largest absolute Gasteiger partial charge is 0.476 e. The van der Waals surface area contributed by atoms with Crippen molar-refractivity contribution >= 4 is 27.8 Å². The molecule has 15 heavy (non-hydrogen) atoms. The number of nitrogens with zero attached hydrogens (tertiary/aromatic N) is 3. The molecule has 0 fully saturated rings. The van der Waals surface area contributed by atoms with Gasteiger partial charge in [0.05, 0.1) is 11.1 Å². The molecule has 1 heterocycles. The molecule has 82 valence electrons. The van der Waals surface area contributed by atoms with Crippen LogP contribution in [0.1, 0.15) is 10.5 Å². The number of anilines is 1. The molecule has 0 saturated heterocycles. The number of aromatic nitrogens is 2. The van der Waals surface area contributed by atoms with Crippen LogP contribution < -0.4 is 4.90 Å². The van der Waals surface area contributed by atoms with E-state index >= 15 is 0 Å². The molecular formula is C8H10BrN3O3. The number of aliphatic hydroxyl groups excluding tert-OH is 1. The summed E-state index contributed by atoms with van der Waals surface area (Å²) in [5.74, 6) is -0.854. The summed E-state index contributed by atoms with van der Waals surface area (Å²) in [7, 11) is 1.67. The van der Waals surface area contributed by atoms with E-state index in [2.05, 4.69) is 25.9 Å². The maximum atomic E-state index is 10.8. The van der Waals surface area contributed by atoms with E-state index in [0.717, 1.165) is 0 Å². The van der Waals surface area contributed by atoms with E-state index in [0.29, 0.717) is 11.0 Å². The van der Waals surface area contributed by atoms with Gasteiger partial charge in [0.1, 0.15) is 0 Å². The maximum Gasteiger partial charge on any atom is 0.355 e. The third-order valence-corrected chi connectivity index (χ3v) is 2.29. The highest BCUT2D eigenvalue weighted by Crippen LogP contribution is 2.16. The van der Waals surface area contributed by atoms with Crippen LogP contribution in [0.2, 0.25) is 0 Å². The zero-order valence-corrected chi connectivity index (χ0v) is 9.60. The van der Waals surface area contributed by atoms with Crippen LogP contribution in [0.5, 0.6) is 0 Å². The molecular weight excluding hydrogens is 266 g/mol. The van der Waals surface area contributed by atoms with E-state index in [1.807, 2.05) is 0 Å². The first-order chi connectivity index (χ1) is 7.06. The van der Waals surface area contributed by atoms with Crippen LogP contribution in [0, 0.1) is 0 Å². The first-order valence-corrected chi connectivity index (χ1v) is 4.93. The molecule has 0 bridgehead atoms. The van der Waals surface area contributed by atoms with Crippen molar-refractivity contribution in [3.8, 4) is 0 Å². The lowest BCUT2D eigenvalue weighted by molar-refractivity contribution is 0.0689. The third-order valence-electron chi connectivity index (χ3n) is 1.71. The molecule has 0 atom stereocenters. The Morgan fingerprint density at radius 3 is 2.87 bits per heavy atom. The summed E-state index contributed by atoms with van der Waals surface area (Å²) in [4.78, 5) is 20.1. The average molecular weight is 276 g/mol. The van der Waals surface area contributed by atoms with Gasteiger partial charge in [-0.05, 0) is 15.9 Å². The average Bonchev–Trinajstić information content (AvgIpc) is 2.18. The Morgan fingerprint density at radius 1 is 1.67 bits per heavy atom. The van der Waals surface area contributed by atoms with Gasteiger partial charge in [-0.3, -0.25) is 0 Å². The standard InChI is InChI=1S/C8H10BrN3O3/c1-12(2-3-13)8-10-4-5(9)6(11-8)7(14)15/h4,13H,2-3H2,1H3,(H,14,15). The lowest BCUT2D eigenvalue weighted by Gasteiger charge is -2.15. The highest BCUT2D eigenvalue weighted by Gasteiger charge is 2.13. The molecule has 1 rings (SSSR count). The number of aromatic carboxylic acids is 1. The van der Waals surface area contributed by atoms with Crippen LogP contribution in [-0.2, 0) is 0 Å². The third kappa shape index (κ3) is 2.87. The summed E-state index contributed by atoms with van der Waals surface area (Å²) in [6, 6.07) is 0. The lowest BCUT2D eigenvalue weighted by atomic mass is 10.4. The monoisotopic (exact) mass is 275 g/mol. The summed E-state index contributed by atoms with van der Waals surface area (Å²) in [5, 5.41) is 17.5. The normalized spacial score (nSPS) is 10.1. The van der Waals surface area contributed by atoms with Gasteiger partial charge in [0.2, 0.25) is 5.95 Å². The predicted molar refractivity (Wildman–Crippen MR) is 57.0 cm³/mol. The molecule has 0 saturated carbocycles. The Bertz CT molecular complexity index is 372. The van der Waals surface area contributed by atoms with Crippen LogP contribution in [0.15, 0.2) is 10.7 Å². The number of carboxylic acid groups (broad SMARTS) is 1. The molecule has 0 radical (unpaired) electrons. The van der Waals surface area contributed by atoms with Gasteiger partial charge in [-0.15, -0.1) is 0 Å². The Kier molecular flexibility index (Phi) is 3.98. The summed E-state index contributed by atoms with van der Waals surface area (Å²) >= 11 is 3.05. The van der Waals surface area contributed by atoms with Crippen molar-refractivity contribution < 1.29 is 15.0 Å². The topological polar surface area (TPSA) is 86.5 Å². The van der Waals surface area contributed by atoms with E-state index in [-0.39, 0.29) is 18.2 Å². The van der Waals surface area contributed by atoms with Crippen molar-refractivity contribution in [1.29, 1.82) is 0 Å². The number of hydrogen-bond donors (Lipinski definition) is 2. The Morgan fingerprint density at radius 2 is 2.33 bits per heavy atom. The van der Waals surface area contributed by atoms with Gasteiger partial charge in [0, 0.05) is 19.8 Å². The van der Waals surface area contributed by atoms with Gasteiger partial charge in [-0.25, -0.2) is 14.8 Å². The van der Waals surface area contributed by atoms with Crippen LogP contribution in [0.3, 0.4) is 0 Å². The van der Waals surface area contributed by atoms with E-state index in [4.69, 9.17) is 10.2 Å². The number of aliphatic hydroxyl groups is 1. The molecule has 0 aliphatic heterocycles. The van der Waals surface area contributed by atoms with E-state index < -0.39 is 5.97 Å². The van der Waals surface area contributed by atoms with E-state index in [9.17, 15) is 4.79 Å². The van der Waals surface area contributed by atoms with Crippen molar-refractivity contribution in [3.05, 3.63) is 16.4 Å². The predicted octanol–water partition coefficient (Wildman–Crippen LogP) is 0.366. The van der Waals surface area contributed by atoms with Crippen molar-refractivity contribution in [1.82, 2.24) is 9.97 Å². The van der Waals surface area contributed by atoms with Gasteiger partial charge >= 0.3 is 5.97 Å². The molecule has 1 aromatic heterocycles. The van der Waals surface area contributed by atoms with Gasteiger partial charge < -0.3 is 15.1 Å². The first-order valence-electron chi connectivity index (χ1n) is 4.14. The first kappa shape index (κ1) is 11.9. The lowest BCUT2D eigenvalue weighted by Crippen LogP contribution is -2.24. The molecule has 0 amide bonds. The molecule has 7 heteroatoms. The second-order valence-corrected chi connectivity index (χ2v) is 3.67. The van der Waals surface area contributed by atoms with Gasteiger partial charge in [0.15, 0.2) is 5.69 Å². The molecule has 6 nitrogen and oxygen atoms in total. The second-order valence-electron chi connectivity index (χ2n) is 2.82. The number of hydrogen-bond acceptors (Lipinski definition) is 5. The SMILES string of the molecule is CN(CCO)c1ncc(Br)c(C(=O)O)n1. The summed E-state index contributed by atoms with van der Waals surface area (Å²) in [6.45, 7) is 0.305. The van der Waals surface area contributed by atoms with Crippen molar-refractivity contribution in [3.63, 3.8) is 0 Å². The molecule has 0 aliphatic rings. The molecule has 0 spiro atoms. The van der Waals surface area contributed by atoms with Crippen molar-refractivity contribution in [2.45, 2.75) is 0 Å². The zero-order chi connectivity index (χ0) is 11.4. The van der Waals surface area contributed by atoms with Crippen molar-refractivity contribution in [2.24, 2.45) is 0 Å². The summed E-state index contributed by atoms with van der Waals surface area (Å²) < 4.78 is 0.330. The fourth-order valence-electron chi connectivity index (χ4n) is 0.942. The summed E-state index contributed by atoms with van der Waals surface area (Å²) in [6.07, 6.45) is 1.37. The number of rotatable bonds is 4. The van der Waals surface area contributed by atoms with Crippen LogP contribution in [-0.4, -0.2) is 46.3 Å². The van der Waals surface area contributed by atoms with Gasteiger partial charge in [0.25, 0.3) is 0 Å². The number of halogens is 1. The molecule has 0 aliphatic carbocycles. The second kappa shape index (κ2) is 5.04. The number of likely N-dealkylation sites (N-methyl/N-ethyl adjacent to an activating group) is 1. The van der Waals surface area contributed by atoms with Crippen LogP contribution >= 0.6 is 15.9 Å². The number of carboxylic acids is 1. The fraction of sp³-hybridized carbons (Fsp3) is 0.375. The Balaban J connectivity index is 3.02. The Labute approximate surface area is 94.7 Å². The smallest absolute Gasteiger partial charge is 0.355 e. The van der Waals surface area contributed by atoms with Crippen LogP contribution in [0.4, 0.5) is 5.95 Å². The minimum atomic E-state index is -1.12. The molecule has 1 aromatic rings. The highest BCUT2D eigenvalue weighted by molar-refractivity contribution is 9.10. The molecule has 2 N–H and O–H groups in total. The van der Waals surface area contributed by atoms with E-state index in [1.165, 1.54) is 6.20 Å². The van der Waals surface area contributed by atoms with Crippen LogP contribution in [0.25, 0.3) is 0 Å². The van der Waals surface area contributed by atoms with Gasteiger partial charge in [-0.2, -0.15) is 0 Å². The molecule has 0 unspecified atom stereocenters. The minimum Gasteiger partial charge on any atom is -0.476 e. The quantitative estimate of drug-likeness (QED) is 0.826. The Hall–Kier alpha value is -1.21. The minimum absolute atomic E-state index is 0.0433. The highest BCUT2D eigenvalue weighted by atomic mass is 79.9. The summed E-state index contributed by atoms with van der Waals surface area (Å²) in [5.41, 5.74) is -0.0928. The van der Waals surface area contributed by atoms with Gasteiger partial charge in [-0.1, -0.05) is 0 Å². The van der Waals surface area contributed by atoms with E-state index in [1.54, 1.807) is 11.9 Å². The fourth-order valence-corrected chi connectivity index (χ4v) is 1.30. The molecule has 0 aromatic carbocycles. The maximum absolute atomic E-state index is 10.8. The van der Waals surface area contributed by atoms with Crippen molar-refractivity contribution in [2.75, 3.05) is 25.1 Å². The number of carbonyl (C=O) groups is 1. The zero-order valence-electron chi connectivity index (χ0n) is 8.01.